The lowest BCUT2D eigenvalue weighted by Gasteiger charge is -2.59. The van der Waals surface area contributed by atoms with Gasteiger partial charge in [0.1, 0.15) is 11.6 Å². The lowest BCUT2D eigenvalue weighted by Crippen LogP contribution is -2.64. The van der Waals surface area contributed by atoms with E-state index in [1.165, 1.54) is 0 Å². The van der Waals surface area contributed by atoms with Gasteiger partial charge in [0.2, 0.25) is 0 Å². The van der Waals surface area contributed by atoms with Crippen LogP contribution in [0.4, 0.5) is 17.5 Å². The maximum atomic E-state index is 8.74. The number of H-pyrrole nitrogens is 1. The second kappa shape index (κ2) is 7.01. The standard InChI is InChI=1S/C21H24N8/c1-14-8-19(28-27-14)25-18-9-17-16(4-2-6-23-17)20(26-18)24-15-10-21(11-15)12-29(13-21)7-3-5-22/h2,4,6,8-9,15H,3,7,10-13H2,1H3,(H3,24,25,26,27,28). The lowest BCUT2D eigenvalue weighted by molar-refractivity contribution is -0.0651. The normalized spacial score (nSPS) is 18.2. The molecule has 4 heterocycles. The summed E-state index contributed by atoms with van der Waals surface area (Å²) in [5.41, 5.74) is 2.33. The molecule has 0 atom stereocenters. The Labute approximate surface area is 169 Å². The minimum Gasteiger partial charge on any atom is -0.367 e. The van der Waals surface area contributed by atoms with Crippen molar-refractivity contribution >= 4 is 28.4 Å². The third-order valence-corrected chi connectivity index (χ3v) is 5.92. The largest absolute Gasteiger partial charge is 0.367 e. The van der Waals surface area contributed by atoms with Crippen molar-refractivity contribution in [1.82, 2.24) is 25.1 Å². The first-order valence-electron chi connectivity index (χ1n) is 10.0. The molecule has 2 aliphatic rings. The summed E-state index contributed by atoms with van der Waals surface area (Å²) in [5.74, 6) is 2.34. The number of nitriles is 1. The van der Waals surface area contributed by atoms with Crippen molar-refractivity contribution in [3.8, 4) is 6.07 Å². The van der Waals surface area contributed by atoms with Crippen molar-refractivity contribution in [2.24, 2.45) is 5.41 Å². The minimum atomic E-state index is 0.423. The lowest BCUT2D eigenvalue weighted by atomic mass is 9.60. The van der Waals surface area contributed by atoms with E-state index in [1.54, 1.807) is 6.20 Å². The van der Waals surface area contributed by atoms with Gasteiger partial charge in [0.25, 0.3) is 0 Å². The number of nitrogens with one attached hydrogen (secondary N) is 3. The summed E-state index contributed by atoms with van der Waals surface area (Å²) >= 11 is 0. The van der Waals surface area contributed by atoms with Crippen LogP contribution in [0.2, 0.25) is 0 Å². The summed E-state index contributed by atoms with van der Waals surface area (Å²) in [4.78, 5) is 11.7. The van der Waals surface area contributed by atoms with Crippen LogP contribution in [0, 0.1) is 23.7 Å². The molecule has 8 heteroatoms. The Morgan fingerprint density at radius 3 is 2.93 bits per heavy atom. The van der Waals surface area contributed by atoms with Crippen molar-refractivity contribution in [3.63, 3.8) is 0 Å². The Morgan fingerprint density at radius 1 is 1.31 bits per heavy atom. The number of hydrogen-bond donors (Lipinski definition) is 3. The van der Waals surface area contributed by atoms with Gasteiger partial charge >= 0.3 is 0 Å². The average Bonchev–Trinajstić information content (AvgIpc) is 3.06. The minimum absolute atomic E-state index is 0.423. The quantitative estimate of drug-likeness (QED) is 0.595. The van der Waals surface area contributed by atoms with Gasteiger partial charge in [0.05, 0.1) is 11.6 Å². The molecule has 8 nitrogen and oxygen atoms in total. The number of aromatic nitrogens is 4. The molecule has 29 heavy (non-hydrogen) atoms. The van der Waals surface area contributed by atoms with Crippen LogP contribution in [0.25, 0.3) is 10.9 Å². The number of rotatable bonds is 6. The van der Waals surface area contributed by atoms with Crippen LogP contribution < -0.4 is 10.6 Å². The van der Waals surface area contributed by atoms with Crippen LogP contribution in [0.3, 0.4) is 0 Å². The van der Waals surface area contributed by atoms with Gasteiger partial charge in [-0.3, -0.25) is 10.1 Å². The maximum absolute atomic E-state index is 8.74. The first-order valence-corrected chi connectivity index (χ1v) is 10.0. The molecule has 0 aromatic carbocycles. The van der Waals surface area contributed by atoms with Crippen molar-refractivity contribution < 1.29 is 0 Å². The van der Waals surface area contributed by atoms with Crippen LogP contribution in [0.15, 0.2) is 30.5 Å². The predicted molar refractivity (Wildman–Crippen MR) is 112 cm³/mol. The number of nitrogens with zero attached hydrogens (tertiary/aromatic N) is 5. The zero-order valence-corrected chi connectivity index (χ0v) is 16.4. The highest BCUT2D eigenvalue weighted by Crippen LogP contribution is 2.49. The van der Waals surface area contributed by atoms with E-state index < -0.39 is 0 Å². The molecular weight excluding hydrogens is 364 g/mol. The zero-order valence-electron chi connectivity index (χ0n) is 16.4. The Kier molecular flexibility index (Phi) is 4.32. The fraction of sp³-hybridized carbons (Fsp3) is 0.429. The molecule has 3 N–H and O–H groups in total. The first kappa shape index (κ1) is 17.9. The molecular formula is C21H24N8. The van der Waals surface area contributed by atoms with E-state index in [0.29, 0.717) is 17.9 Å². The fourth-order valence-electron chi connectivity index (χ4n) is 4.67. The molecule has 148 valence electrons. The third-order valence-electron chi connectivity index (χ3n) is 5.92. The molecule has 5 rings (SSSR count). The van der Waals surface area contributed by atoms with Crippen molar-refractivity contribution in [2.75, 3.05) is 30.3 Å². The van der Waals surface area contributed by atoms with Crippen molar-refractivity contribution in [2.45, 2.75) is 32.2 Å². The zero-order chi connectivity index (χ0) is 19.8. The second-order valence-electron chi connectivity index (χ2n) is 8.36. The number of anilines is 3. The number of likely N-dealkylation sites (tertiary alicyclic amines) is 1. The number of aromatic amines is 1. The van der Waals surface area contributed by atoms with Crippen molar-refractivity contribution in [1.29, 1.82) is 5.26 Å². The van der Waals surface area contributed by atoms with Crippen molar-refractivity contribution in [3.05, 3.63) is 36.2 Å². The van der Waals surface area contributed by atoms with E-state index in [4.69, 9.17) is 10.2 Å². The number of fused-ring (bicyclic) bond motifs is 1. The smallest absolute Gasteiger partial charge is 0.153 e. The Bertz CT molecular complexity index is 1070. The van der Waals surface area contributed by atoms with Gasteiger partial charge in [0.15, 0.2) is 5.82 Å². The van der Waals surface area contributed by atoms with E-state index in [2.05, 4.69) is 42.9 Å². The van der Waals surface area contributed by atoms with Gasteiger partial charge in [-0.25, -0.2) is 4.98 Å². The topological polar surface area (TPSA) is 106 Å². The molecule has 0 radical (unpaired) electrons. The second-order valence-corrected chi connectivity index (χ2v) is 8.36. The highest BCUT2D eigenvalue weighted by atomic mass is 15.2. The molecule has 2 fully saturated rings. The molecule has 1 aliphatic carbocycles. The summed E-state index contributed by atoms with van der Waals surface area (Å²) in [6.07, 6.45) is 4.72. The molecule has 0 bridgehead atoms. The van der Waals surface area contributed by atoms with Crippen LogP contribution in [-0.4, -0.2) is 50.7 Å². The Balaban J connectivity index is 1.29. The average molecular weight is 388 g/mol. The van der Waals surface area contributed by atoms with Gasteiger partial charge in [-0.2, -0.15) is 10.4 Å². The summed E-state index contributed by atoms with van der Waals surface area (Å²) in [6.45, 7) is 5.09. The summed E-state index contributed by atoms with van der Waals surface area (Å²) < 4.78 is 0. The summed E-state index contributed by atoms with van der Waals surface area (Å²) in [6, 6.07) is 10.6. The summed E-state index contributed by atoms with van der Waals surface area (Å²) in [5, 5.41) is 23.8. The van der Waals surface area contributed by atoms with Crippen LogP contribution >= 0.6 is 0 Å². The molecule has 1 spiro atoms. The molecule has 0 amide bonds. The number of aryl methyl sites for hydroxylation is 1. The van der Waals surface area contributed by atoms with Crippen LogP contribution in [0.5, 0.6) is 0 Å². The third kappa shape index (κ3) is 3.49. The monoisotopic (exact) mass is 388 g/mol. The van der Waals surface area contributed by atoms with E-state index in [9.17, 15) is 0 Å². The van der Waals surface area contributed by atoms with Crippen LogP contribution in [-0.2, 0) is 0 Å². The maximum Gasteiger partial charge on any atom is 0.153 e. The molecule has 3 aromatic rings. The predicted octanol–water partition coefficient (Wildman–Crippen LogP) is 3.19. The highest BCUT2D eigenvalue weighted by molar-refractivity contribution is 5.91. The van der Waals surface area contributed by atoms with E-state index in [1.807, 2.05) is 25.1 Å². The van der Waals surface area contributed by atoms with E-state index in [0.717, 1.165) is 66.5 Å². The van der Waals surface area contributed by atoms with E-state index >= 15 is 0 Å². The Morgan fingerprint density at radius 2 is 2.17 bits per heavy atom. The van der Waals surface area contributed by atoms with Gasteiger partial charge in [-0.15, -0.1) is 0 Å². The van der Waals surface area contributed by atoms with Crippen LogP contribution in [0.1, 0.15) is 25.0 Å². The SMILES string of the molecule is Cc1cc(Nc2cc3ncccc3c(NC3CC4(C3)CN(CCC#N)C4)n2)n[nH]1. The number of pyridine rings is 2. The number of hydrogen-bond acceptors (Lipinski definition) is 7. The Hall–Kier alpha value is -3.18. The van der Waals surface area contributed by atoms with E-state index in [-0.39, 0.29) is 0 Å². The molecule has 0 unspecified atom stereocenters. The molecule has 1 saturated carbocycles. The molecule has 1 aliphatic heterocycles. The first-order chi connectivity index (χ1) is 14.1. The van der Waals surface area contributed by atoms with Gasteiger partial charge in [0, 0.05) is 61.5 Å². The fourth-order valence-corrected chi connectivity index (χ4v) is 4.67. The van der Waals surface area contributed by atoms with Gasteiger partial charge < -0.3 is 15.5 Å². The highest BCUT2D eigenvalue weighted by Gasteiger charge is 2.52. The van der Waals surface area contributed by atoms with Gasteiger partial charge in [-0.1, -0.05) is 0 Å². The molecule has 3 aromatic heterocycles. The molecule has 1 saturated heterocycles. The summed E-state index contributed by atoms with van der Waals surface area (Å²) in [7, 11) is 0. The van der Waals surface area contributed by atoms with Gasteiger partial charge in [-0.05, 0) is 37.3 Å².